The van der Waals surface area contributed by atoms with Gasteiger partial charge in [0.05, 0.1) is 13.2 Å². The van der Waals surface area contributed by atoms with Gasteiger partial charge in [-0.25, -0.2) is 0 Å². The van der Waals surface area contributed by atoms with Crippen molar-refractivity contribution in [3.05, 3.63) is 12.2 Å². The van der Waals surface area contributed by atoms with Crippen LogP contribution in [0.25, 0.3) is 0 Å². The Morgan fingerprint density at radius 2 is 1.50 bits per heavy atom. The van der Waals surface area contributed by atoms with Gasteiger partial charge < -0.3 is 9.47 Å². The Balaban J connectivity index is 3.21. The van der Waals surface area contributed by atoms with Crippen LogP contribution in [0.1, 0.15) is 12.8 Å². The lowest BCUT2D eigenvalue weighted by Gasteiger charge is -2.02. The number of ether oxygens (including phenoxy) is 2. The molecule has 0 unspecified atom stereocenters. The predicted octanol–water partition coefficient (Wildman–Crippen LogP) is 0.669. The SMILES string of the molecule is C=C(CCOC=O)CCOC=O. The molecule has 0 saturated heterocycles. The molecule has 0 heterocycles. The number of rotatable bonds is 8. The van der Waals surface area contributed by atoms with Gasteiger partial charge in [0.25, 0.3) is 12.9 Å². The molecule has 0 N–H and O–H groups in total. The van der Waals surface area contributed by atoms with Gasteiger partial charge in [-0.2, -0.15) is 0 Å². The molecule has 0 aromatic heterocycles. The number of hydrogen-bond acceptors (Lipinski definition) is 4. The van der Waals surface area contributed by atoms with Crippen molar-refractivity contribution < 1.29 is 19.1 Å². The molecular formula is C8H12O4. The zero-order valence-electron chi connectivity index (χ0n) is 6.82. The molecule has 12 heavy (non-hydrogen) atoms. The van der Waals surface area contributed by atoms with Crippen LogP contribution >= 0.6 is 0 Å². The van der Waals surface area contributed by atoms with Crippen molar-refractivity contribution in [1.82, 2.24) is 0 Å². The average molecular weight is 172 g/mol. The number of hydrogen-bond donors (Lipinski definition) is 0. The summed E-state index contributed by atoms with van der Waals surface area (Å²) in [6.45, 7) is 5.18. The minimum atomic E-state index is 0.337. The first-order valence-electron chi connectivity index (χ1n) is 3.58. The normalized spacial score (nSPS) is 8.67. The van der Waals surface area contributed by atoms with Crippen LogP contribution in [0, 0.1) is 0 Å². The fourth-order valence-electron chi connectivity index (χ4n) is 0.628. The lowest BCUT2D eigenvalue weighted by molar-refractivity contribution is -0.129. The first kappa shape index (κ1) is 10.7. The minimum absolute atomic E-state index is 0.337. The van der Waals surface area contributed by atoms with Gasteiger partial charge in [-0.15, -0.1) is 0 Å². The Morgan fingerprint density at radius 1 is 1.08 bits per heavy atom. The highest BCUT2D eigenvalue weighted by molar-refractivity contribution is 5.37. The molecule has 0 aliphatic carbocycles. The maximum Gasteiger partial charge on any atom is 0.293 e. The van der Waals surface area contributed by atoms with Gasteiger partial charge in [-0.05, 0) is 0 Å². The maximum atomic E-state index is 9.72. The molecular weight excluding hydrogens is 160 g/mol. The zero-order chi connectivity index (χ0) is 9.23. The fourth-order valence-corrected chi connectivity index (χ4v) is 0.628. The summed E-state index contributed by atoms with van der Waals surface area (Å²) in [4.78, 5) is 19.4. The van der Waals surface area contributed by atoms with E-state index in [2.05, 4.69) is 16.1 Å². The van der Waals surface area contributed by atoms with Crippen LogP contribution in [0.2, 0.25) is 0 Å². The summed E-state index contributed by atoms with van der Waals surface area (Å²) in [6.07, 6.45) is 1.22. The van der Waals surface area contributed by atoms with E-state index >= 15 is 0 Å². The minimum Gasteiger partial charge on any atom is -0.468 e. The highest BCUT2D eigenvalue weighted by Gasteiger charge is 1.94. The van der Waals surface area contributed by atoms with Gasteiger partial charge in [0, 0.05) is 12.8 Å². The van der Waals surface area contributed by atoms with Crippen LogP contribution in [-0.2, 0) is 19.1 Å². The monoisotopic (exact) mass is 172 g/mol. The van der Waals surface area contributed by atoms with E-state index in [0.717, 1.165) is 5.57 Å². The first-order chi connectivity index (χ1) is 5.81. The lowest BCUT2D eigenvalue weighted by atomic mass is 10.2. The number of carbonyl (C=O) groups excluding carboxylic acids is 2. The third kappa shape index (κ3) is 6.80. The third-order valence-corrected chi connectivity index (χ3v) is 1.28. The molecule has 0 aromatic rings. The second kappa shape index (κ2) is 7.78. The fraction of sp³-hybridized carbons (Fsp3) is 0.500. The maximum absolute atomic E-state index is 9.72. The zero-order valence-corrected chi connectivity index (χ0v) is 6.82. The van der Waals surface area contributed by atoms with E-state index in [-0.39, 0.29) is 0 Å². The van der Waals surface area contributed by atoms with Crippen LogP contribution in [0.3, 0.4) is 0 Å². The van der Waals surface area contributed by atoms with Gasteiger partial charge in [0.2, 0.25) is 0 Å². The molecule has 0 bridgehead atoms. The van der Waals surface area contributed by atoms with Crippen molar-refractivity contribution in [3.8, 4) is 0 Å². The Morgan fingerprint density at radius 3 is 1.83 bits per heavy atom. The van der Waals surface area contributed by atoms with E-state index in [1.54, 1.807) is 0 Å². The summed E-state index contributed by atoms with van der Waals surface area (Å²) >= 11 is 0. The van der Waals surface area contributed by atoms with Gasteiger partial charge in [-0.1, -0.05) is 12.2 Å². The summed E-state index contributed by atoms with van der Waals surface area (Å²) in [5.41, 5.74) is 0.902. The standard InChI is InChI=1S/C8H12O4/c1-8(2-4-11-6-9)3-5-12-7-10/h6-7H,1-5H2. The van der Waals surface area contributed by atoms with Crippen molar-refractivity contribution >= 4 is 12.9 Å². The molecule has 0 aromatic carbocycles. The predicted molar refractivity (Wildman–Crippen MR) is 42.4 cm³/mol. The van der Waals surface area contributed by atoms with Gasteiger partial charge >= 0.3 is 0 Å². The molecule has 0 saturated carbocycles. The van der Waals surface area contributed by atoms with Crippen LogP contribution in [-0.4, -0.2) is 26.2 Å². The molecule has 0 aliphatic heterocycles. The molecule has 0 amide bonds. The summed E-state index contributed by atoms with van der Waals surface area (Å²) < 4.78 is 8.92. The summed E-state index contributed by atoms with van der Waals surface area (Å²) in [6, 6.07) is 0. The molecule has 4 heteroatoms. The van der Waals surface area contributed by atoms with E-state index < -0.39 is 0 Å². The molecule has 0 radical (unpaired) electrons. The van der Waals surface area contributed by atoms with Crippen LogP contribution in [0.15, 0.2) is 12.2 Å². The molecule has 0 spiro atoms. The van der Waals surface area contributed by atoms with E-state index in [4.69, 9.17) is 0 Å². The Bertz CT molecular complexity index is 137. The number of carbonyl (C=O) groups is 2. The Hall–Kier alpha value is -1.32. The summed E-state index contributed by atoms with van der Waals surface area (Å²) in [7, 11) is 0. The first-order valence-corrected chi connectivity index (χ1v) is 3.58. The van der Waals surface area contributed by atoms with Crippen molar-refractivity contribution in [2.75, 3.05) is 13.2 Å². The van der Waals surface area contributed by atoms with Crippen molar-refractivity contribution in [3.63, 3.8) is 0 Å². The van der Waals surface area contributed by atoms with Crippen molar-refractivity contribution in [2.45, 2.75) is 12.8 Å². The summed E-state index contributed by atoms with van der Waals surface area (Å²) in [5.74, 6) is 0. The second-order valence-electron chi connectivity index (χ2n) is 2.18. The summed E-state index contributed by atoms with van der Waals surface area (Å²) in [5, 5.41) is 0. The van der Waals surface area contributed by atoms with Crippen LogP contribution in [0.4, 0.5) is 0 Å². The van der Waals surface area contributed by atoms with Crippen molar-refractivity contribution in [1.29, 1.82) is 0 Å². The van der Waals surface area contributed by atoms with E-state index in [0.29, 0.717) is 39.0 Å². The third-order valence-electron chi connectivity index (χ3n) is 1.28. The quantitative estimate of drug-likeness (QED) is 0.307. The van der Waals surface area contributed by atoms with Gasteiger partial charge in [-0.3, -0.25) is 9.59 Å². The molecule has 4 nitrogen and oxygen atoms in total. The van der Waals surface area contributed by atoms with E-state index in [1.807, 2.05) is 0 Å². The average Bonchev–Trinajstić information content (AvgIpc) is 2.06. The van der Waals surface area contributed by atoms with E-state index in [1.165, 1.54) is 0 Å². The van der Waals surface area contributed by atoms with Gasteiger partial charge in [0.15, 0.2) is 0 Å². The lowest BCUT2D eigenvalue weighted by Crippen LogP contribution is -1.97. The largest absolute Gasteiger partial charge is 0.468 e. The van der Waals surface area contributed by atoms with Crippen LogP contribution in [0.5, 0.6) is 0 Å². The highest BCUT2D eigenvalue weighted by Crippen LogP contribution is 2.03. The van der Waals surface area contributed by atoms with Crippen molar-refractivity contribution in [2.24, 2.45) is 0 Å². The van der Waals surface area contributed by atoms with Gasteiger partial charge in [0.1, 0.15) is 0 Å². The molecule has 0 atom stereocenters. The smallest absolute Gasteiger partial charge is 0.293 e. The Kier molecular flexibility index (Phi) is 6.93. The highest BCUT2D eigenvalue weighted by atomic mass is 16.5. The molecule has 68 valence electrons. The Labute approximate surface area is 71.2 Å². The van der Waals surface area contributed by atoms with E-state index in [9.17, 15) is 9.59 Å². The molecule has 0 fully saturated rings. The van der Waals surface area contributed by atoms with Crippen LogP contribution < -0.4 is 0 Å². The molecule has 0 rings (SSSR count). The topological polar surface area (TPSA) is 52.6 Å². The molecule has 0 aliphatic rings. The second-order valence-corrected chi connectivity index (χ2v) is 2.18.